The van der Waals surface area contributed by atoms with Gasteiger partial charge in [-0.3, -0.25) is 9.69 Å². The predicted molar refractivity (Wildman–Crippen MR) is 76.5 cm³/mol. The van der Waals surface area contributed by atoms with Gasteiger partial charge in [-0.25, -0.2) is 0 Å². The SMILES string of the molecule is CCN(CC)Cc1ccc(C(=O)N2CCC(C)(O)C2)o1. The van der Waals surface area contributed by atoms with Gasteiger partial charge in [-0.2, -0.15) is 0 Å². The van der Waals surface area contributed by atoms with E-state index in [4.69, 9.17) is 4.42 Å². The quantitative estimate of drug-likeness (QED) is 0.892. The Morgan fingerprint density at radius 2 is 2.15 bits per heavy atom. The number of hydrogen-bond acceptors (Lipinski definition) is 4. The lowest BCUT2D eigenvalue weighted by Crippen LogP contribution is -2.33. The molecule has 1 aliphatic rings. The predicted octanol–water partition coefficient (Wildman–Crippen LogP) is 1.72. The Kier molecular flexibility index (Phi) is 4.50. The van der Waals surface area contributed by atoms with Gasteiger partial charge in [-0.1, -0.05) is 13.8 Å². The van der Waals surface area contributed by atoms with Gasteiger partial charge in [0.05, 0.1) is 12.1 Å². The van der Waals surface area contributed by atoms with E-state index in [1.807, 2.05) is 6.07 Å². The highest BCUT2D eigenvalue weighted by Crippen LogP contribution is 2.23. The van der Waals surface area contributed by atoms with Crippen molar-refractivity contribution in [2.24, 2.45) is 0 Å². The number of hydrogen-bond donors (Lipinski definition) is 1. The molecule has 20 heavy (non-hydrogen) atoms. The first-order chi connectivity index (χ1) is 9.45. The maximum atomic E-state index is 12.3. The molecule has 0 radical (unpaired) electrons. The van der Waals surface area contributed by atoms with Crippen molar-refractivity contribution in [3.8, 4) is 0 Å². The van der Waals surface area contributed by atoms with Crippen LogP contribution in [0.3, 0.4) is 0 Å². The van der Waals surface area contributed by atoms with Crippen molar-refractivity contribution >= 4 is 5.91 Å². The Bertz CT molecular complexity index is 463. The van der Waals surface area contributed by atoms with E-state index in [2.05, 4.69) is 18.7 Å². The van der Waals surface area contributed by atoms with Crippen LogP contribution in [0.25, 0.3) is 0 Å². The van der Waals surface area contributed by atoms with Crippen LogP contribution in [0, 0.1) is 0 Å². The van der Waals surface area contributed by atoms with Gasteiger partial charge in [0.2, 0.25) is 0 Å². The van der Waals surface area contributed by atoms with Crippen molar-refractivity contribution in [1.29, 1.82) is 0 Å². The van der Waals surface area contributed by atoms with Crippen LogP contribution in [0.15, 0.2) is 16.5 Å². The van der Waals surface area contributed by atoms with Crippen LogP contribution in [0.1, 0.15) is 43.5 Å². The normalized spacial score (nSPS) is 22.8. The number of β-amino-alcohol motifs (C(OH)–C–C–N with tert-alkyl or cyclic N) is 1. The average Bonchev–Trinajstić information content (AvgIpc) is 3.01. The molecule has 1 aromatic rings. The fourth-order valence-electron chi connectivity index (χ4n) is 2.52. The molecule has 1 atom stereocenters. The number of amides is 1. The van der Waals surface area contributed by atoms with E-state index in [0.29, 0.717) is 25.3 Å². The third kappa shape index (κ3) is 3.41. The van der Waals surface area contributed by atoms with E-state index < -0.39 is 5.60 Å². The number of carbonyl (C=O) groups is 1. The molecule has 1 saturated heterocycles. The summed E-state index contributed by atoms with van der Waals surface area (Å²) in [4.78, 5) is 16.2. The number of furan rings is 1. The lowest BCUT2D eigenvalue weighted by Gasteiger charge is -2.18. The summed E-state index contributed by atoms with van der Waals surface area (Å²) in [5, 5.41) is 9.92. The largest absolute Gasteiger partial charge is 0.455 e. The second-order valence-corrected chi connectivity index (χ2v) is 5.70. The highest BCUT2D eigenvalue weighted by atomic mass is 16.4. The molecule has 2 rings (SSSR count). The van der Waals surface area contributed by atoms with E-state index in [1.54, 1.807) is 17.9 Å². The Morgan fingerprint density at radius 3 is 2.70 bits per heavy atom. The number of aliphatic hydroxyl groups is 1. The highest BCUT2D eigenvalue weighted by molar-refractivity contribution is 5.91. The molecule has 112 valence electrons. The second-order valence-electron chi connectivity index (χ2n) is 5.70. The van der Waals surface area contributed by atoms with Crippen molar-refractivity contribution in [3.05, 3.63) is 23.7 Å². The molecule has 5 nitrogen and oxygen atoms in total. The first-order valence-electron chi connectivity index (χ1n) is 7.28. The molecule has 1 aromatic heterocycles. The van der Waals surface area contributed by atoms with Crippen LogP contribution < -0.4 is 0 Å². The maximum Gasteiger partial charge on any atom is 0.289 e. The van der Waals surface area contributed by atoms with Gasteiger partial charge in [0.15, 0.2) is 5.76 Å². The molecule has 0 bridgehead atoms. The van der Waals surface area contributed by atoms with Gasteiger partial charge >= 0.3 is 0 Å². The maximum absolute atomic E-state index is 12.3. The number of nitrogens with zero attached hydrogens (tertiary/aromatic N) is 2. The minimum atomic E-state index is -0.772. The number of carbonyl (C=O) groups excluding carboxylic acids is 1. The van der Waals surface area contributed by atoms with E-state index >= 15 is 0 Å². The standard InChI is InChI=1S/C15H24N2O3/c1-4-16(5-2)10-12-6-7-13(20-12)14(18)17-9-8-15(3,19)11-17/h6-7,19H,4-5,8-11H2,1-3H3. The Labute approximate surface area is 120 Å². The molecule has 2 heterocycles. The summed E-state index contributed by atoms with van der Waals surface area (Å²) in [5.41, 5.74) is -0.772. The minimum absolute atomic E-state index is 0.131. The summed E-state index contributed by atoms with van der Waals surface area (Å²) in [7, 11) is 0. The second kappa shape index (κ2) is 5.97. The van der Waals surface area contributed by atoms with Crippen molar-refractivity contribution in [2.45, 2.75) is 39.3 Å². The molecular weight excluding hydrogens is 256 g/mol. The monoisotopic (exact) mass is 280 g/mol. The molecule has 5 heteroatoms. The smallest absolute Gasteiger partial charge is 0.289 e. The van der Waals surface area contributed by atoms with Crippen LogP contribution in [0.2, 0.25) is 0 Å². The zero-order valence-corrected chi connectivity index (χ0v) is 12.6. The number of likely N-dealkylation sites (tertiary alicyclic amines) is 1. The average molecular weight is 280 g/mol. The van der Waals surface area contributed by atoms with Crippen molar-refractivity contribution in [1.82, 2.24) is 9.80 Å². The first kappa shape index (κ1) is 15.1. The topological polar surface area (TPSA) is 56.9 Å². The van der Waals surface area contributed by atoms with Crippen LogP contribution in [-0.4, -0.2) is 52.6 Å². The van der Waals surface area contributed by atoms with Gasteiger partial charge < -0.3 is 14.4 Å². The first-order valence-corrected chi connectivity index (χ1v) is 7.28. The van der Waals surface area contributed by atoms with Gasteiger partial charge in [0.1, 0.15) is 5.76 Å². The molecule has 0 aliphatic carbocycles. The molecular formula is C15H24N2O3. The van der Waals surface area contributed by atoms with Gasteiger partial charge in [-0.05, 0) is 38.6 Å². The van der Waals surface area contributed by atoms with Crippen LogP contribution in [0.5, 0.6) is 0 Å². The van der Waals surface area contributed by atoms with E-state index in [0.717, 1.165) is 25.4 Å². The van der Waals surface area contributed by atoms with Crippen molar-refractivity contribution < 1.29 is 14.3 Å². The summed E-state index contributed by atoms with van der Waals surface area (Å²) in [6, 6.07) is 3.59. The Hall–Kier alpha value is -1.33. The lowest BCUT2D eigenvalue weighted by atomic mass is 10.1. The highest BCUT2D eigenvalue weighted by Gasteiger charge is 2.35. The van der Waals surface area contributed by atoms with Gasteiger partial charge in [0, 0.05) is 13.1 Å². The summed E-state index contributed by atoms with van der Waals surface area (Å²) >= 11 is 0. The van der Waals surface area contributed by atoms with E-state index in [9.17, 15) is 9.90 Å². The molecule has 1 aliphatic heterocycles. The summed E-state index contributed by atoms with van der Waals surface area (Å²) in [5.74, 6) is 1.04. The van der Waals surface area contributed by atoms with Crippen molar-refractivity contribution in [3.63, 3.8) is 0 Å². The minimum Gasteiger partial charge on any atom is -0.455 e. The van der Waals surface area contributed by atoms with Gasteiger partial charge in [-0.15, -0.1) is 0 Å². The van der Waals surface area contributed by atoms with Crippen molar-refractivity contribution in [2.75, 3.05) is 26.2 Å². The van der Waals surface area contributed by atoms with Crippen LogP contribution in [0.4, 0.5) is 0 Å². The lowest BCUT2D eigenvalue weighted by molar-refractivity contribution is 0.0553. The molecule has 1 unspecified atom stereocenters. The molecule has 0 spiro atoms. The molecule has 0 saturated carbocycles. The van der Waals surface area contributed by atoms with E-state index in [-0.39, 0.29) is 5.91 Å². The summed E-state index contributed by atoms with van der Waals surface area (Å²) < 4.78 is 5.65. The molecule has 1 N–H and O–H groups in total. The third-order valence-corrected chi connectivity index (χ3v) is 3.89. The fraction of sp³-hybridized carbons (Fsp3) is 0.667. The van der Waals surface area contributed by atoms with Crippen LogP contribution in [-0.2, 0) is 6.54 Å². The number of rotatable bonds is 5. The van der Waals surface area contributed by atoms with E-state index in [1.165, 1.54) is 0 Å². The fourth-order valence-corrected chi connectivity index (χ4v) is 2.52. The zero-order valence-electron chi connectivity index (χ0n) is 12.6. The zero-order chi connectivity index (χ0) is 14.8. The summed E-state index contributed by atoms with van der Waals surface area (Å²) in [6.07, 6.45) is 0.617. The molecule has 1 fully saturated rings. The molecule has 0 aromatic carbocycles. The molecule has 1 amide bonds. The summed E-state index contributed by atoms with van der Waals surface area (Å²) in [6.45, 7) is 9.54. The Morgan fingerprint density at radius 1 is 1.45 bits per heavy atom. The van der Waals surface area contributed by atoms with Crippen LogP contribution >= 0.6 is 0 Å². The van der Waals surface area contributed by atoms with Gasteiger partial charge in [0.25, 0.3) is 5.91 Å². The third-order valence-electron chi connectivity index (χ3n) is 3.89. The Balaban J connectivity index is 2.00.